The van der Waals surface area contributed by atoms with Gasteiger partial charge in [-0.1, -0.05) is 38.1 Å². The molecule has 1 fully saturated rings. The minimum absolute atomic E-state index is 0.0822. The fourth-order valence-corrected chi connectivity index (χ4v) is 6.28. The third-order valence-corrected chi connectivity index (χ3v) is 9.27. The van der Waals surface area contributed by atoms with E-state index in [0.29, 0.717) is 42.8 Å². The number of benzene rings is 3. The number of nitrogens with zero attached hydrogens (tertiary/aromatic N) is 4. The molecule has 0 aliphatic carbocycles. The van der Waals surface area contributed by atoms with Crippen LogP contribution >= 0.6 is 0 Å². The molecule has 0 spiro atoms. The van der Waals surface area contributed by atoms with Gasteiger partial charge in [0.1, 0.15) is 17.4 Å². The molecule has 0 bridgehead atoms. The number of ether oxygens (including phenoxy) is 1. The van der Waals surface area contributed by atoms with Gasteiger partial charge in [-0.15, -0.1) is 0 Å². The summed E-state index contributed by atoms with van der Waals surface area (Å²) in [7, 11) is -1.89. The maximum atomic E-state index is 13.3. The Morgan fingerprint density at radius 3 is 2.15 bits per heavy atom. The molecular formula is C30H35N5O3S. The lowest BCUT2D eigenvalue weighted by Gasteiger charge is -2.37. The topological polar surface area (TPSA) is 87.7 Å². The van der Waals surface area contributed by atoms with Crippen LogP contribution in [0.1, 0.15) is 44.1 Å². The van der Waals surface area contributed by atoms with Crippen molar-refractivity contribution in [1.82, 2.24) is 19.2 Å². The average Bonchev–Trinajstić information content (AvgIpc) is 2.97. The summed E-state index contributed by atoms with van der Waals surface area (Å²) in [6, 6.07) is 22.8. The highest BCUT2D eigenvalue weighted by atomic mass is 32.2. The fraction of sp³-hybridized carbons (Fsp3) is 0.333. The third-order valence-electron chi connectivity index (χ3n) is 7.35. The van der Waals surface area contributed by atoms with Crippen molar-refractivity contribution in [2.45, 2.75) is 37.6 Å². The molecular weight excluding hydrogens is 510 g/mol. The normalized spacial score (nSPS) is 15.9. The Morgan fingerprint density at radius 2 is 1.51 bits per heavy atom. The lowest BCUT2D eigenvalue weighted by molar-refractivity contribution is 0.141. The summed E-state index contributed by atoms with van der Waals surface area (Å²) in [4.78, 5) is 12.4. The summed E-state index contributed by atoms with van der Waals surface area (Å²) < 4.78 is 33.4. The summed E-state index contributed by atoms with van der Waals surface area (Å²) in [5.41, 5.74) is 2.89. The van der Waals surface area contributed by atoms with E-state index in [1.165, 1.54) is 0 Å². The number of anilines is 2. The number of hydrogen-bond acceptors (Lipinski definition) is 7. The Hall–Kier alpha value is -3.53. The second-order valence-corrected chi connectivity index (χ2v) is 12.1. The number of nitrogens with one attached hydrogen (secondary N) is 1. The van der Waals surface area contributed by atoms with Crippen LogP contribution in [0.5, 0.6) is 5.75 Å². The Kier molecular flexibility index (Phi) is 7.83. The minimum Gasteiger partial charge on any atom is -0.497 e. The Labute approximate surface area is 230 Å². The second-order valence-electron chi connectivity index (χ2n) is 10.1. The first-order valence-electron chi connectivity index (χ1n) is 13.3. The zero-order chi connectivity index (χ0) is 27.6. The summed E-state index contributed by atoms with van der Waals surface area (Å²) in [5, 5.41) is 4.37. The smallest absolute Gasteiger partial charge is 0.243 e. The van der Waals surface area contributed by atoms with E-state index in [4.69, 9.17) is 14.7 Å². The average molecular weight is 546 g/mol. The van der Waals surface area contributed by atoms with Crippen molar-refractivity contribution < 1.29 is 13.2 Å². The number of rotatable bonds is 8. The van der Waals surface area contributed by atoms with Crippen LogP contribution < -0.4 is 10.1 Å². The van der Waals surface area contributed by atoms with Crippen LogP contribution in [0.4, 0.5) is 11.5 Å². The molecule has 1 aliphatic heterocycles. The summed E-state index contributed by atoms with van der Waals surface area (Å²) in [5.74, 6) is 2.58. The van der Waals surface area contributed by atoms with Gasteiger partial charge in [0.2, 0.25) is 10.0 Å². The van der Waals surface area contributed by atoms with Gasteiger partial charge in [-0.2, -0.15) is 4.31 Å². The minimum atomic E-state index is -3.54. The summed E-state index contributed by atoms with van der Waals surface area (Å²) >= 11 is 0. The van der Waals surface area contributed by atoms with E-state index in [2.05, 4.69) is 31.0 Å². The Bertz CT molecular complexity index is 1530. The molecule has 4 aromatic rings. The first-order valence-corrected chi connectivity index (χ1v) is 14.7. The van der Waals surface area contributed by atoms with Crippen molar-refractivity contribution in [3.63, 3.8) is 0 Å². The zero-order valence-electron chi connectivity index (χ0n) is 22.8. The Balaban J connectivity index is 1.33. The van der Waals surface area contributed by atoms with E-state index in [1.807, 2.05) is 60.7 Å². The highest BCUT2D eigenvalue weighted by Gasteiger charge is 2.31. The third kappa shape index (κ3) is 5.75. The molecule has 9 heteroatoms. The van der Waals surface area contributed by atoms with Crippen LogP contribution in [0.2, 0.25) is 0 Å². The maximum Gasteiger partial charge on any atom is 0.243 e. The molecule has 204 valence electrons. The van der Waals surface area contributed by atoms with E-state index < -0.39 is 10.0 Å². The quantitative estimate of drug-likeness (QED) is 0.310. The van der Waals surface area contributed by atoms with Crippen LogP contribution in [-0.2, 0) is 10.0 Å². The molecule has 2 heterocycles. The van der Waals surface area contributed by atoms with E-state index in [0.717, 1.165) is 33.7 Å². The molecule has 3 aromatic carbocycles. The molecule has 8 nitrogen and oxygen atoms in total. The van der Waals surface area contributed by atoms with Crippen molar-refractivity contribution in [3.8, 4) is 5.75 Å². The van der Waals surface area contributed by atoms with Crippen LogP contribution in [0.25, 0.3) is 10.9 Å². The van der Waals surface area contributed by atoms with Gasteiger partial charge in [0.15, 0.2) is 0 Å². The Morgan fingerprint density at radius 1 is 0.846 bits per heavy atom. The molecule has 1 atom stereocenters. The zero-order valence-corrected chi connectivity index (χ0v) is 23.6. The molecule has 1 aromatic heterocycles. The van der Waals surface area contributed by atoms with Crippen molar-refractivity contribution in [2.75, 3.05) is 38.6 Å². The number of fused-ring (bicyclic) bond motifs is 1. The number of aromatic nitrogens is 2. The molecule has 0 radical (unpaired) electrons. The van der Waals surface area contributed by atoms with Gasteiger partial charge in [0, 0.05) is 37.3 Å². The highest BCUT2D eigenvalue weighted by Crippen LogP contribution is 2.29. The number of piperazine rings is 1. The van der Waals surface area contributed by atoms with E-state index in [9.17, 15) is 8.42 Å². The predicted molar refractivity (Wildman–Crippen MR) is 155 cm³/mol. The largest absolute Gasteiger partial charge is 0.497 e. The first-order chi connectivity index (χ1) is 18.8. The lowest BCUT2D eigenvalue weighted by atomic mass is 10.0. The van der Waals surface area contributed by atoms with Gasteiger partial charge in [-0.25, -0.2) is 18.4 Å². The van der Waals surface area contributed by atoms with Crippen molar-refractivity contribution in [2.24, 2.45) is 0 Å². The number of sulfonamides is 1. The van der Waals surface area contributed by atoms with Gasteiger partial charge >= 0.3 is 0 Å². The van der Waals surface area contributed by atoms with Crippen molar-refractivity contribution in [1.29, 1.82) is 0 Å². The molecule has 1 unspecified atom stereocenters. The highest BCUT2D eigenvalue weighted by molar-refractivity contribution is 7.89. The second kappa shape index (κ2) is 11.3. The fourth-order valence-electron chi connectivity index (χ4n) is 4.86. The molecule has 5 rings (SSSR count). The number of hydrogen-bond donors (Lipinski definition) is 1. The van der Waals surface area contributed by atoms with Crippen LogP contribution in [0, 0.1) is 0 Å². The van der Waals surface area contributed by atoms with Crippen molar-refractivity contribution >= 4 is 32.4 Å². The van der Waals surface area contributed by atoms with Crippen LogP contribution in [0.3, 0.4) is 0 Å². The molecule has 0 saturated carbocycles. The van der Waals surface area contributed by atoms with Crippen LogP contribution in [0.15, 0.2) is 77.7 Å². The SMILES string of the molecule is COc1ccc(Nc2nc(C(C)N3CCN(S(=O)(=O)c4ccc(C(C)C)cc4)CC3)nc3ccccc23)cc1. The lowest BCUT2D eigenvalue weighted by Crippen LogP contribution is -2.49. The van der Waals surface area contributed by atoms with E-state index in [1.54, 1.807) is 23.5 Å². The molecule has 1 saturated heterocycles. The van der Waals surface area contributed by atoms with Gasteiger partial charge in [-0.05, 0) is 66.9 Å². The van der Waals surface area contributed by atoms with Gasteiger partial charge < -0.3 is 10.1 Å². The summed E-state index contributed by atoms with van der Waals surface area (Å²) in [6.45, 7) is 8.31. The van der Waals surface area contributed by atoms with Gasteiger partial charge in [0.05, 0.1) is 23.6 Å². The number of methoxy groups -OCH3 is 1. The molecule has 39 heavy (non-hydrogen) atoms. The van der Waals surface area contributed by atoms with Gasteiger partial charge in [0.25, 0.3) is 0 Å². The van der Waals surface area contributed by atoms with E-state index in [-0.39, 0.29) is 6.04 Å². The van der Waals surface area contributed by atoms with Crippen LogP contribution in [-0.4, -0.2) is 60.9 Å². The van der Waals surface area contributed by atoms with Gasteiger partial charge in [-0.3, -0.25) is 4.90 Å². The van der Waals surface area contributed by atoms with E-state index >= 15 is 0 Å². The van der Waals surface area contributed by atoms with Crippen molar-refractivity contribution in [3.05, 3.63) is 84.2 Å². The first kappa shape index (κ1) is 27.1. The molecule has 0 amide bonds. The predicted octanol–water partition coefficient (Wildman–Crippen LogP) is 5.57. The standard InChI is InChI=1S/C30H35N5O3S/c1-21(2)23-9-15-26(16-10-23)39(36,37)35-19-17-34(18-20-35)22(3)29-32-28-8-6-5-7-27(28)30(33-29)31-24-11-13-25(38-4)14-12-24/h5-16,21-22H,17-20H2,1-4H3,(H,31,32,33). The summed E-state index contributed by atoms with van der Waals surface area (Å²) in [6.07, 6.45) is 0. The molecule has 1 aliphatic rings. The maximum absolute atomic E-state index is 13.3. The number of para-hydroxylation sites is 1. The molecule has 1 N–H and O–H groups in total. The monoisotopic (exact) mass is 545 g/mol.